The molecule has 0 amide bonds. The SMILES string of the molecule is CSC(Nc1ccc(N)cc1)=C(C#N)C#N. The predicted molar refractivity (Wildman–Crippen MR) is 66.2 cm³/mol. The van der Waals surface area contributed by atoms with E-state index in [-0.39, 0.29) is 5.57 Å². The van der Waals surface area contributed by atoms with Gasteiger partial charge in [-0.15, -0.1) is 11.8 Å². The summed E-state index contributed by atoms with van der Waals surface area (Å²) in [5, 5.41) is 21.0. The Bertz CT molecular complexity index is 460. The molecular formula is C11H10N4S. The lowest BCUT2D eigenvalue weighted by Gasteiger charge is -2.08. The largest absolute Gasteiger partial charge is 0.399 e. The molecule has 0 spiro atoms. The number of hydrogen-bond donors (Lipinski definition) is 2. The van der Waals surface area contributed by atoms with E-state index in [1.54, 1.807) is 30.5 Å². The minimum Gasteiger partial charge on any atom is -0.399 e. The summed E-state index contributed by atoms with van der Waals surface area (Å²) in [4.78, 5) is 0. The molecule has 0 atom stereocenters. The molecule has 16 heavy (non-hydrogen) atoms. The number of nitrogen functional groups attached to an aromatic ring is 1. The van der Waals surface area contributed by atoms with Crippen molar-refractivity contribution >= 4 is 23.1 Å². The summed E-state index contributed by atoms with van der Waals surface area (Å²) in [5.41, 5.74) is 7.09. The normalized spacial score (nSPS) is 8.69. The molecule has 1 rings (SSSR count). The van der Waals surface area contributed by atoms with Gasteiger partial charge in [0.25, 0.3) is 0 Å². The molecule has 4 nitrogen and oxygen atoms in total. The van der Waals surface area contributed by atoms with Crippen molar-refractivity contribution in [3.05, 3.63) is 34.9 Å². The Balaban J connectivity index is 2.96. The molecule has 5 heteroatoms. The first kappa shape index (κ1) is 12.0. The average Bonchev–Trinajstić information content (AvgIpc) is 2.32. The third kappa shape index (κ3) is 2.94. The molecule has 0 aliphatic heterocycles. The van der Waals surface area contributed by atoms with Gasteiger partial charge in [-0.05, 0) is 30.5 Å². The molecular weight excluding hydrogens is 220 g/mol. The van der Waals surface area contributed by atoms with Crippen molar-refractivity contribution in [1.29, 1.82) is 10.5 Å². The molecule has 0 fully saturated rings. The van der Waals surface area contributed by atoms with E-state index in [0.29, 0.717) is 10.7 Å². The zero-order valence-corrected chi connectivity index (χ0v) is 9.51. The fourth-order valence-corrected chi connectivity index (χ4v) is 1.56. The van der Waals surface area contributed by atoms with Gasteiger partial charge in [0.2, 0.25) is 0 Å². The van der Waals surface area contributed by atoms with Crippen molar-refractivity contribution in [2.24, 2.45) is 0 Å². The van der Waals surface area contributed by atoms with Crippen molar-refractivity contribution in [1.82, 2.24) is 0 Å². The molecule has 0 aliphatic rings. The Morgan fingerprint density at radius 3 is 2.25 bits per heavy atom. The highest BCUT2D eigenvalue weighted by Gasteiger charge is 2.05. The number of nitriles is 2. The molecule has 1 aromatic carbocycles. The van der Waals surface area contributed by atoms with Crippen LogP contribution in [0.2, 0.25) is 0 Å². The summed E-state index contributed by atoms with van der Waals surface area (Å²) >= 11 is 1.32. The predicted octanol–water partition coefficient (Wildman–Crippen LogP) is 2.30. The molecule has 0 saturated carbocycles. The summed E-state index contributed by atoms with van der Waals surface area (Å²) in [6.07, 6.45) is 1.80. The van der Waals surface area contributed by atoms with Crippen LogP contribution in [0.4, 0.5) is 11.4 Å². The van der Waals surface area contributed by atoms with Crippen LogP contribution in [0.1, 0.15) is 0 Å². The first-order valence-electron chi connectivity index (χ1n) is 4.42. The second kappa shape index (κ2) is 5.69. The molecule has 0 unspecified atom stereocenters. The Labute approximate surface area is 98.4 Å². The number of allylic oxidation sites excluding steroid dienone is 1. The maximum atomic E-state index is 8.75. The molecule has 0 heterocycles. The van der Waals surface area contributed by atoms with E-state index in [9.17, 15) is 0 Å². The monoisotopic (exact) mass is 230 g/mol. The number of benzene rings is 1. The lowest BCUT2D eigenvalue weighted by Crippen LogP contribution is -1.99. The highest BCUT2D eigenvalue weighted by molar-refractivity contribution is 8.02. The van der Waals surface area contributed by atoms with Gasteiger partial charge in [0, 0.05) is 11.4 Å². The summed E-state index contributed by atoms with van der Waals surface area (Å²) in [7, 11) is 0. The second-order valence-corrected chi connectivity index (χ2v) is 3.70. The smallest absolute Gasteiger partial charge is 0.159 e. The number of nitrogens with zero attached hydrogens (tertiary/aromatic N) is 2. The summed E-state index contributed by atoms with van der Waals surface area (Å²) in [6, 6.07) is 10.8. The summed E-state index contributed by atoms with van der Waals surface area (Å²) in [6.45, 7) is 0. The molecule has 0 aliphatic carbocycles. The van der Waals surface area contributed by atoms with Crippen LogP contribution in [0.15, 0.2) is 34.9 Å². The minimum absolute atomic E-state index is 0.0734. The van der Waals surface area contributed by atoms with Crippen LogP contribution in [0.5, 0.6) is 0 Å². The Morgan fingerprint density at radius 2 is 1.81 bits per heavy atom. The number of nitrogens with two attached hydrogens (primary N) is 1. The molecule has 0 bridgehead atoms. The van der Waals surface area contributed by atoms with Crippen LogP contribution in [0, 0.1) is 22.7 Å². The highest BCUT2D eigenvalue weighted by atomic mass is 32.2. The maximum Gasteiger partial charge on any atom is 0.159 e. The van der Waals surface area contributed by atoms with Crippen LogP contribution < -0.4 is 11.1 Å². The molecule has 1 aromatic rings. The van der Waals surface area contributed by atoms with Gasteiger partial charge < -0.3 is 11.1 Å². The standard InChI is InChI=1S/C11H10N4S/c1-16-11(8(6-12)7-13)15-10-4-2-9(14)3-5-10/h2-5,15H,14H2,1H3. The molecule has 0 aromatic heterocycles. The number of rotatable bonds is 3. The maximum absolute atomic E-state index is 8.75. The van der Waals surface area contributed by atoms with Gasteiger partial charge >= 0.3 is 0 Å². The quantitative estimate of drug-likeness (QED) is 0.614. The van der Waals surface area contributed by atoms with Crippen LogP contribution in [-0.2, 0) is 0 Å². The molecule has 0 saturated heterocycles. The van der Waals surface area contributed by atoms with Gasteiger partial charge in [0.15, 0.2) is 5.57 Å². The molecule has 0 radical (unpaired) electrons. The second-order valence-electron chi connectivity index (χ2n) is 2.88. The first-order chi connectivity index (χ1) is 7.71. The van der Waals surface area contributed by atoms with Crippen LogP contribution in [0.3, 0.4) is 0 Å². The van der Waals surface area contributed by atoms with E-state index >= 15 is 0 Å². The highest BCUT2D eigenvalue weighted by Crippen LogP contribution is 2.20. The lowest BCUT2D eigenvalue weighted by molar-refractivity contribution is 1.43. The zero-order valence-electron chi connectivity index (χ0n) is 8.69. The summed E-state index contributed by atoms with van der Waals surface area (Å²) in [5.74, 6) is 0. The van der Waals surface area contributed by atoms with Crippen molar-refractivity contribution in [2.45, 2.75) is 0 Å². The number of nitrogens with one attached hydrogen (secondary N) is 1. The van der Waals surface area contributed by atoms with Crippen molar-refractivity contribution in [2.75, 3.05) is 17.3 Å². The summed E-state index contributed by atoms with van der Waals surface area (Å²) < 4.78 is 0. The number of hydrogen-bond acceptors (Lipinski definition) is 5. The van der Waals surface area contributed by atoms with Crippen molar-refractivity contribution < 1.29 is 0 Å². The van der Waals surface area contributed by atoms with Gasteiger partial charge in [0.1, 0.15) is 17.2 Å². The minimum atomic E-state index is 0.0734. The Hall–Kier alpha value is -2.11. The average molecular weight is 230 g/mol. The van der Waals surface area contributed by atoms with Crippen molar-refractivity contribution in [3.63, 3.8) is 0 Å². The van der Waals surface area contributed by atoms with E-state index < -0.39 is 0 Å². The van der Waals surface area contributed by atoms with E-state index in [1.165, 1.54) is 11.8 Å². The lowest BCUT2D eigenvalue weighted by atomic mass is 10.3. The van der Waals surface area contributed by atoms with E-state index in [2.05, 4.69) is 5.32 Å². The van der Waals surface area contributed by atoms with Crippen LogP contribution >= 0.6 is 11.8 Å². The van der Waals surface area contributed by atoms with Gasteiger partial charge in [-0.2, -0.15) is 10.5 Å². The van der Waals surface area contributed by atoms with Crippen molar-refractivity contribution in [3.8, 4) is 12.1 Å². The Kier molecular flexibility index (Phi) is 4.26. The van der Waals surface area contributed by atoms with Crippen LogP contribution in [0.25, 0.3) is 0 Å². The molecule has 80 valence electrons. The van der Waals surface area contributed by atoms with Crippen LogP contribution in [-0.4, -0.2) is 6.26 Å². The van der Waals surface area contributed by atoms with Gasteiger partial charge in [-0.25, -0.2) is 0 Å². The van der Waals surface area contributed by atoms with E-state index in [1.807, 2.05) is 12.1 Å². The van der Waals surface area contributed by atoms with Gasteiger partial charge in [-0.1, -0.05) is 0 Å². The zero-order chi connectivity index (χ0) is 12.0. The fraction of sp³-hybridized carbons (Fsp3) is 0.0909. The third-order valence-corrected chi connectivity index (χ3v) is 2.54. The van der Waals surface area contributed by atoms with E-state index in [4.69, 9.17) is 16.3 Å². The topological polar surface area (TPSA) is 85.6 Å². The molecule has 3 N–H and O–H groups in total. The van der Waals surface area contributed by atoms with Gasteiger partial charge in [0.05, 0.1) is 0 Å². The van der Waals surface area contributed by atoms with Gasteiger partial charge in [-0.3, -0.25) is 0 Å². The number of anilines is 2. The van der Waals surface area contributed by atoms with E-state index in [0.717, 1.165) is 5.69 Å². The Morgan fingerprint density at radius 1 is 1.25 bits per heavy atom. The third-order valence-electron chi connectivity index (χ3n) is 1.82. The first-order valence-corrected chi connectivity index (χ1v) is 5.64. The number of thioether (sulfide) groups is 1. The fourth-order valence-electron chi connectivity index (χ4n) is 1.04.